The third-order valence-corrected chi connectivity index (χ3v) is 2.64. The molecule has 1 aromatic carbocycles. The van der Waals surface area contributed by atoms with Gasteiger partial charge in [-0.1, -0.05) is 38.2 Å². The Labute approximate surface area is 100 Å². The summed E-state index contributed by atoms with van der Waals surface area (Å²) in [5.74, 6) is 1.40. The average molecular weight is 233 g/mol. The maximum atomic E-state index is 5.63. The van der Waals surface area contributed by atoms with Gasteiger partial charge in [0.1, 0.15) is 5.82 Å². The van der Waals surface area contributed by atoms with E-state index >= 15 is 0 Å². The van der Waals surface area contributed by atoms with Crippen molar-refractivity contribution in [2.24, 2.45) is 5.73 Å². The molecule has 2 rings (SSSR count). The SMILES string of the molecule is CC(C)c1nc2ccccc2n1CC(N)=S. The molecule has 0 amide bonds. The molecule has 16 heavy (non-hydrogen) atoms. The van der Waals surface area contributed by atoms with Gasteiger partial charge in [-0.15, -0.1) is 0 Å². The lowest BCUT2D eigenvalue weighted by molar-refractivity contribution is 0.704. The first-order chi connectivity index (χ1) is 7.59. The molecule has 2 N–H and O–H groups in total. The van der Waals surface area contributed by atoms with Crippen molar-refractivity contribution in [2.75, 3.05) is 0 Å². The molecule has 0 bridgehead atoms. The maximum absolute atomic E-state index is 5.63. The van der Waals surface area contributed by atoms with Crippen molar-refractivity contribution < 1.29 is 0 Å². The van der Waals surface area contributed by atoms with E-state index in [4.69, 9.17) is 18.0 Å². The van der Waals surface area contributed by atoms with Gasteiger partial charge < -0.3 is 10.3 Å². The minimum absolute atomic E-state index is 0.363. The zero-order chi connectivity index (χ0) is 11.7. The van der Waals surface area contributed by atoms with E-state index in [1.54, 1.807) is 0 Å². The second kappa shape index (κ2) is 4.22. The standard InChI is InChI=1S/C12H15N3S/c1-8(2)12-14-9-5-3-4-6-10(9)15(12)7-11(13)16/h3-6,8H,7H2,1-2H3,(H2,13,16). The van der Waals surface area contributed by atoms with E-state index in [2.05, 4.69) is 23.4 Å². The van der Waals surface area contributed by atoms with Gasteiger partial charge in [-0.05, 0) is 12.1 Å². The minimum Gasteiger partial charge on any atom is -0.392 e. The number of imidazole rings is 1. The van der Waals surface area contributed by atoms with Crippen LogP contribution in [0.15, 0.2) is 24.3 Å². The van der Waals surface area contributed by atoms with Gasteiger partial charge >= 0.3 is 0 Å². The smallest absolute Gasteiger partial charge is 0.112 e. The molecule has 84 valence electrons. The summed E-state index contributed by atoms with van der Waals surface area (Å²) in [6, 6.07) is 8.05. The first-order valence-corrected chi connectivity index (χ1v) is 5.74. The van der Waals surface area contributed by atoms with Gasteiger partial charge in [0.25, 0.3) is 0 Å². The highest BCUT2D eigenvalue weighted by atomic mass is 32.1. The van der Waals surface area contributed by atoms with Crippen LogP contribution >= 0.6 is 12.2 Å². The van der Waals surface area contributed by atoms with Gasteiger partial charge in [0.15, 0.2) is 0 Å². The first kappa shape index (κ1) is 11.1. The molecule has 0 atom stereocenters. The quantitative estimate of drug-likeness (QED) is 0.828. The zero-order valence-electron chi connectivity index (χ0n) is 9.47. The highest BCUT2D eigenvalue weighted by Crippen LogP contribution is 2.21. The van der Waals surface area contributed by atoms with Crippen LogP contribution in [-0.4, -0.2) is 14.5 Å². The number of benzene rings is 1. The van der Waals surface area contributed by atoms with Crippen molar-refractivity contribution in [1.82, 2.24) is 9.55 Å². The molecule has 1 aromatic heterocycles. The lowest BCUT2D eigenvalue weighted by Crippen LogP contribution is -2.18. The molecule has 0 saturated heterocycles. The van der Waals surface area contributed by atoms with Crippen LogP contribution in [0.25, 0.3) is 11.0 Å². The third kappa shape index (κ3) is 1.93. The summed E-state index contributed by atoms with van der Waals surface area (Å²) in [4.78, 5) is 5.10. The van der Waals surface area contributed by atoms with Crippen LogP contribution in [0, 0.1) is 0 Å². The summed E-state index contributed by atoms with van der Waals surface area (Å²) < 4.78 is 2.10. The Hall–Kier alpha value is -1.42. The van der Waals surface area contributed by atoms with Crippen LogP contribution in [0.5, 0.6) is 0 Å². The Balaban J connectivity index is 2.64. The molecule has 3 nitrogen and oxygen atoms in total. The normalized spacial score (nSPS) is 11.2. The van der Waals surface area contributed by atoms with Gasteiger partial charge in [-0.3, -0.25) is 0 Å². The molecule has 1 heterocycles. The molecule has 0 spiro atoms. The molecule has 0 radical (unpaired) electrons. The van der Waals surface area contributed by atoms with Crippen LogP contribution in [-0.2, 0) is 6.54 Å². The van der Waals surface area contributed by atoms with Crippen LogP contribution in [0.1, 0.15) is 25.6 Å². The van der Waals surface area contributed by atoms with Crippen LogP contribution in [0.3, 0.4) is 0 Å². The Kier molecular flexibility index (Phi) is 2.92. The third-order valence-electron chi connectivity index (χ3n) is 2.51. The van der Waals surface area contributed by atoms with E-state index in [-0.39, 0.29) is 0 Å². The van der Waals surface area contributed by atoms with Gasteiger partial charge in [-0.2, -0.15) is 0 Å². The van der Waals surface area contributed by atoms with Crippen LogP contribution in [0.4, 0.5) is 0 Å². The number of nitrogens with zero attached hydrogens (tertiary/aromatic N) is 2. The van der Waals surface area contributed by atoms with Gasteiger partial charge in [-0.25, -0.2) is 4.98 Å². The molecule has 0 aliphatic heterocycles. The van der Waals surface area contributed by atoms with E-state index in [1.807, 2.05) is 24.3 Å². The van der Waals surface area contributed by atoms with E-state index in [0.717, 1.165) is 16.9 Å². The van der Waals surface area contributed by atoms with Crippen LogP contribution < -0.4 is 5.73 Å². The van der Waals surface area contributed by atoms with Crippen molar-refractivity contribution in [2.45, 2.75) is 26.3 Å². The molecule has 0 saturated carbocycles. The fourth-order valence-electron chi connectivity index (χ4n) is 1.86. The number of para-hydroxylation sites is 2. The monoisotopic (exact) mass is 233 g/mol. The number of hydrogen-bond donors (Lipinski definition) is 1. The van der Waals surface area contributed by atoms with E-state index in [9.17, 15) is 0 Å². The minimum atomic E-state index is 0.363. The summed E-state index contributed by atoms with van der Waals surface area (Å²) >= 11 is 4.98. The maximum Gasteiger partial charge on any atom is 0.112 e. The average Bonchev–Trinajstić information content (AvgIpc) is 2.57. The molecular weight excluding hydrogens is 218 g/mol. The molecule has 0 aliphatic rings. The second-order valence-electron chi connectivity index (χ2n) is 4.17. The van der Waals surface area contributed by atoms with Crippen LogP contribution in [0.2, 0.25) is 0 Å². The van der Waals surface area contributed by atoms with E-state index in [0.29, 0.717) is 17.5 Å². The Bertz CT molecular complexity index is 528. The number of aromatic nitrogens is 2. The van der Waals surface area contributed by atoms with Crippen molar-refractivity contribution in [3.8, 4) is 0 Å². The van der Waals surface area contributed by atoms with E-state index in [1.165, 1.54) is 0 Å². The molecule has 4 heteroatoms. The fourth-order valence-corrected chi connectivity index (χ4v) is 1.99. The van der Waals surface area contributed by atoms with Gasteiger partial charge in [0, 0.05) is 5.92 Å². The number of rotatable bonds is 3. The summed E-state index contributed by atoms with van der Waals surface area (Å²) in [7, 11) is 0. The molecule has 0 aliphatic carbocycles. The molecular formula is C12H15N3S. The molecule has 2 aromatic rings. The summed E-state index contributed by atoms with van der Waals surface area (Å²) in [6.07, 6.45) is 0. The van der Waals surface area contributed by atoms with Gasteiger partial charge in [0.05, 0.1) is 22.6 Å². The topological polar surface area (TPSA) is 43.8 Å². The second-order valence-corrected chi connectivity index (χ2v) is 4.69. The predicted molar refractivity (Wildman–Crippen MR) is 70.6 cm³/mol. The number of fused-ring (bicyclic) bond motifs is 1. The van der Waals surface area contributed by atoms with E-state index < -0.39 is 0 Å². The van der Waals surface area contributed by atoms with Crippen molar-refractivity contribution >= 4 is 28.2 Å². The molecule has 0 fully saturated rings. The van der Waals surface area contributed by atoms with Crippen molar-refractivity contribution in [3.63, 3.8) is 0 Å². The zero-order valence-corrected chi connectivity index (χ0v) is 10.3. The number of thiocarbonyl (C=S) groups is 1. The largest absolute Gasteiger partial charge is 0.392 e. The summed E-state index contributed by atoms with van der Waals surface area (Å²) in [5, 5.41) is 0. The summed E-state index contributed by atoms with van der Waals surface area (Å²) in [6.45, 7) is 4.80. The Morgan fingerprint density at radius 3 is 2.75 bits per heavy atom. The Morgan fingerprint density at radius 1 is 1.44 bits per heavy atom. The van der Waals surface area contributed by atoms with Crippen molar-refractivity contribution in [1.29, 1.82) is 0 Å². The first-order valence-electron chi connectivity index (χ1n) is 5.33. The predicted octanol–water partition coefficient (Wildman–Crippen LogP) is 2.45. The number of hydrogen-bond acceptors (Lipinski definition) is 2. The Morgan fingerprint density at radius 2 is 2.12 bits per heavy atom. The number of nitrogens with two attached hydrogens (primary N) is 1. The molecule has 0 unspecified atom stereocenters. The lowest BCUT2D eigenvalue weighted by Gasteiger charge is -2.10. The highest BCUT2D eigenvalue weighted by molar-refractivity contribution is 7.80. The van der Waals surface area contributed by atoms with Gasteiger partial charge in [0.2, 0.25) is 0 Å². The fraction of sp³-hybridized carbons (Fsp3) is 0.333. The summed E-state index contributed by atoms with van der Waals surface area (Å²) in [5.41, 5.74) is 7.73. The van der Waals surface area contributed by atoms with Crippen molar-refractivity contribution in [3.05, 3.63) is 30.1 Å². The lowest BCUT2D eigenvalue weighted by atomic mass is 10.2. The highest BCUT2D eigenvalue weighted by Gasteiger charge is 2.13.